The minimum Gasteiger partial charge on any atom is -0.373 e. The predicted molar refractivity (Wildman–Crippen MR) is 117 cm³/mol. The number of likely N-dealkylation sites (tertiary alicyclic amines) is 2. The molecule has 0 saturated carbocycles. The molecule has 1 aromatic rings. The van der Waals surface area contributed by atoms with Gasteiger partial charge >= 0.3 is 0 Å². The van der Waals surface area contributed by atoms with Crippen molar-refractivity contribution in [2.24, 2.45) is 17.6 Å². The number of aryl methyl sites for hydroxylation is 1. The second kappa shape index (κ2) is 11.4. The van der Waals surface area contributed by atoms with E-state index in [9.17, 15) is 14.4 Å². The van der Waals surface area contributed by atoms with Crippen LogP contribution >= 0.6 is 0 Å². The van der Waals surface area contributed by atoms with Crippen LogP contribution in [0.2, 0.25) is 0 Å². The highest BCUT2D eigenvalue weighted by Crippen LogP contribution is 2.28. The summed E-state index contributed by atoms with van der Waals surface area (Å²) in [6, 6.07) is 8.25. The molecule has 3 amide bonds. The fourth-order valence-corrected chi connectivity index (χ4v) is 4.48. The largest absolute Gasteiger partial charge is 0.373 e. The minimum absolute atomic E-state index is 0.0904. The third-order valence-corrected chi connectivity index (χ3v) is 6.45. The molecule has 2 aliphatic heterocycles. The number of rotatable bonds is 7. The molecule has 4 N–H and O–H groups in total. The SMILES string of the molecule is Cc1ccc(COC2CCN(C(=O)C3CCN(C(=O)CCN)CC3C(=O)NO)CC2)cc1. The molecule has 2 heterocycles. The van der Waals surface area contributed by atoms with Gasteiger partial charge in [0.05, 0.1) is 24.5 Å². The molecule has 2 aliphatic rings. The van der Waals surface area contributed by atoms with Crippen molar-refractivity contribution in [2.75, 3.05) is 32.7 Å². The highest BCUT2D eigenvalue weighted by atomic mass is 16.5. The van der Waals surface area contributed by atoms with Crippen LogP contribution in [-0.4, -0.2) is 71.6 Å². The van der Waals surface area contributed by atoms with E-state index < -0.39 is 17.7 Å². The number of benzene rings is 1. The van der Waals surface area contributed by atoms with Gasteiger partial charge in [-0.2, -0.15) is 0 Å². The average Bonchev–Trinajstić information content (AvgIpc) is 2.83. The second-order valence-electron chi connectivity index (χ2n) is 8.68. The Bertz CT molecular complexity index is 792. The van der Waals surface area contributed by atoms with Crippen molar-refractivity contribution in [2.45, 2.75) is 45.3 Å². The van der Waals surface area contributed by atoms with Gasteiger partial charge in [0.1, 0.15) is 0 Å². The molecule has 0 aliphatic carbocycles. The molecule has 2 atom stereocenters. The van der Waals surface area contributed by atoms with E-state index >= 15 is 0 Å². The predicted octanol–water partition coefficient (Wildman–Crippen LogP) is 0.822. The van der Waals surface area contributed by atoms with Crippen molar-refractivity contribution in [3.05, 3.63) is 35.4 Å². The van der Waals surface area contributed by atoms with Gasteiger partial charge in [0.15, 0.2) is 0 Å². The molecule has 2 saturated heterocycles. The summed E-state index contributed by atoms with van der Waals surface area (Å²) in [7, 11) is 0. The summed E-state index contributed by atoms with van der Waals surface area (Å²) >= 11 is 0. The number of nitrogens with one attached hydrogen (secondary N) is 1. The number of carbonyl (C=O) groups excluding carboxylic acids is 3. The molecule has 2 unspecified atom stereocenters. The quantitative estimate of drug-likeness (QED) is 0.421. The van der Waals surface area contributed by atoms with Crippen LogP contribution in [0.15, 0.2) is 24.3 Å². The summed E-state index contributed by atoms with van der Waals surface area (Å²) in [6.45, 7) is 4.48. The molecule has 176 valence electrons. The van der Waals surface area contributed by atoms with Crippen LogP contribution in [0.5, 0.6) is 0 Å². The number of amides is 3. The average molecular weight is 447 g/mol. The van der Waals surface area contributed by atoms with Gasteiger partial charge in [-0.25, -0.2) is 5.48 Å². The summed E-state index contributed by atoms with van der Waals surface area (Å²) in [5.41, 5.74) is 9.47. The number of nitrogens with two attached hydrogens (primary N) is 1. The number of piperidine rings is 2. The first kappa shape index (κ1) is 24.2. The van der Waals surface area contributed by atoms with Gasteiger partial charge in [0, 0.05) is 39.1 Å². The molecule has 1 aromatic carbocycles. The van der Waals surface area contributed by atoms with Crippen molar-refractivity contribution in [3.63, 3.8) is 0 Å². The number of ether oxygens (including phenoxy) is 1. The van der Waals surface area contributed by atoms with Crippen molar-refractivity contribution in [1.82, 2.24) is 15.3 Å². The lowest BCUT2D eigenvalue weighted by Crippen LogP contribution is -2.54. The summed E-state index contributed by atoms with van der Waals surface area (Å²) in [5, 5.41) is 9.16. The molecule has 2 fully saturated rings. The fourth-order valence-electron chi connectivity index (χ4n) is 4.48. The molecular formula is C23H34N4O5. The van der Waals surface area contributed by atoms with Crippen LogP contribution in [0.4, 0.5) is 0 Å². The number of carbonyl (C=O) groups is 3. The number of hydrogen-bond donors (Lipinski definition) is 3. The number of nitrogens with zero attached hydrogens (tertiary/aromatic N) is 2. The topological polar surface area (TPSA) is 125 Å². The van der Waals surface area contributed by atoms with E-state index in [-0.39, 0.29) is 37.4 Å². The van der Waals surface area contributed by atoms with Crippen molar-refractivity contribution in [3.8, 4) is 0 Å². The maximum Gasteiger partial charge on any atom is 0.249 e. The summed E-state index contributed by atoms with van der Waals surface area (Å²) < 4.78 is 6.03. The Morgan fingerprint density at radius 3 is 2.34 bits per heavy atom. The number of hydrogen-bond acceptors (Lipinski definition) is 6. The van der Waals surface area contributed by atoms with E-state index in [1.807, 2.05) is 6.92 Å². The lowest BCUT2D eigenvalue weighted by Gasteiger charge is -2.40. The van der Waals surface area contributed by atoms with Crippen molar-refractivity contribution >= 4 is 17.7 Å². The maximum atomic E-state index is 13.2. The molecule has 0 aromatic heterocycles. The van der Waals surface area contributed by atoms with Gasteiger partial charge < -0.3 is 20.3 Å². The monoisotopic (exact) mass is 446 g/mol. The standard InChI is InChI=1S/C23H34N4O5/c1-16-2-4-17(5-3-16)15-32-18-7-11-26(12-8-18)23(30)19-9-13-27(21(28)6-10-24)14-20(19)22(29)25-31/h2-5,18-20,31H,6-15,24H2,1H3,(H,25,29). The van der Waals surface area contributed by atoms with Crippen LogP contribution in [-0.2, 0) is 25.7 Å². The van der Waals surface area contributed by atoms with Gasteiger partial charge in [-0.3, -0.25) is 19.6 Å². The van der Waals surface area contributed by atoms with E-state index in [1.165, 1.54) is 5.56 Å². The van der Waals surface area contributed by atoms with Crippen LogP contribution in [0, 0.1) is 18.8 Å². The van der Waals surface area contributed by atoms with E-state index in [4.69, 9.17) is 15.7 Å². The second-order valence-corrected chi connectivity index (χ2v) is 8.68. The Hall–Kier alpha value is -2.49. The smallest absolute Gasteiger partial charge is 0.249 e. The zero-order valence-electron chi connectivity index (χ0n) is 18.7. The molecule has 32 heavy (non-hydrogen) atoms. The summed E-state index contributed by atoms with van der Waals surface area (Å²) in [6.07, 6.45) is 2.15. The highest BCUT2D eigenvalue weighted by molar-refractivity contribution is 5.88. The van der Waals surface area contributed by atoms with Gasteiger partial charge in [0.2, 0.25) is 17.7 Å². The Morgan fingerprint density at radius 2 is 1.72 bits per heavy atom. The van der Waals surface area contributed by atoms with Crippen LogP contribution in [0.3, 0.4) is 0 Å². The van der Waals surface area contributed by atoms with Crippen LogP contribution in [0.1, 0.15) is 36.8 Å². The first-order valence-electron chi connectivity index (χ1n) is 11.3. The highest BCUT2D eigenvalue weighted by Gasteiger charge is 2.42. The Balaban J connectivity index is 1.53. The van der Waals surface area contributed by atoms with Gasteiger partial charge in [-0.1, -0.05) is 29.8 Å². The van der Waals surface area contributed by atoms with E-state index in [1.54, 1.807) is 15.3 Å². The molecule has 3 rings (SSSR count). The lowest BCUT2D eigenvalue weighted by atomic mass is 9.83. The minimum atomic E-state index is -0.779. The molecule has 0 spiro atoms. The summed E-state index contributed by atoms with van der Waals surface area (Å²) in [4.78, 5) is 41.0. The summed E-state index contributed by atoms with van der Waals surface area (Å²) in [5.74, 6) is -2.21. The molecule has 0 bridgehead atoms. The van der Waals surface area contributed by atoms with Gasteiger partial charge in [0.25, 0.3) is 0 Å². The van der Waals surface area contributed by atoms with Crippen LogP contribution in [0.25, 0.3) is 0 Å². The Morgan fingerprint density at radius 1 is 1.06 bits per heavy atom. The first-order chi connectivity index (χ1) is 15.4. The maximum absolute atomic E-state index is 13.2. The van der Waals surface area contributed by atoms with Gasteiger partial charge in [-0.05, 0) is 31.7 Å². The molecule has 9 nitrogen and oxygen atoms in total. The normalized spacial score (nSPS) is 22.0. The molecule has 9 heteroatoms. The third-order valence-electron chi connectivity index (χ3n) is 6.45. The third kappa shape index (κ3) is 6.05. The van der Waals surface area contributed by atoms with Crippen molar-refractivity contribution in [1.29, 1.82) is 0 Å². The Labute approximate surface area is 188 Å². The first-order valence-corrected chi connectivity index (χ1v) is 11.3. The van der Waals surface area contributed by atoms with E-state index in [0.29, 0.717) is 32.7 Å². The molecular weight excluding hydrogens is 412 g/mol. The fraction of sp³-hybridized carbons (Fsp3) is 0.609. The molecule has 0 radical (unpaired) electrons. The zero-order chi connectivity index (χ0) is 23.1. The zero-order valence-corrected chi connectivity index (χ0v) is 18.7. The Kier molecular flexibility index (Phi) is 8.60. The van der Waals surface area contributed by atoms with Gasteiger partial charge in [-0.15, -0.1) is 0 Å². The van der Waals surface area contributed by atoms with E-state index in [0.717, 1.165) is 18.4 Å². The van der Waals surface area contributed by atoms with Crippen molar-refractivity contribution < 1.29 is 24.3 Å². The lowest BCUT2D eigenvalue weighted by molar-refractivity contribution is -0.152. The number of hydroxylamine groups is 1. The van der Waals surface area contributed by atoms with Crippen LogP contribution < -0.4 is 11.2 Å². The van der Waals surface area contributed by atoms with E-state index in [2.05, 4.69) is 24.3 Å².